The van der Waals surface area contributed by atoms with Gasteiger partial charge in [-0.25, -0.2) is 4.90 Å². The van der Waals surface area contributed by atoms with E-state index in [1.54, 1.807) is 74.1 Å². The Bertz CT molecular complexity index is 1670. The number of amides is 3. The van der Waals surface area contributed by atoms with Gasteiger partial charge in [0.05, 0.1) is 23.7 Å². The fourth-order valence-corrected chi connectivity index (χ4v) is 7.94. The first kappa shape index (κ1) is 26.3. The smallest absolute Gasteiger partial charge is 0.308 e. The first-order valence-electron chi connectivity index (χ1n) is 12.2. The van der Waals surface area contributed by atoms with Crippen LogP contribution in [0.4, 0.5) is 11.4 Å². The Balaban J connectivity index is 1.37. The number of carbonyl (C=O) groups is 3. The molecule has 2 aliphatic rings. The molecule has 2 aromatic carbocycles. The lowest BCUT2D eigenvalue weighted by molar-refractivity contribution is -0.122. The molecule has 0 aliphatic carbocycles. The molecule has 9 nitrogen and oxygen atoms in total. The summed E-state index contributed by atoms with van der Waals surface area (Å²) in [6.07, 6.45) is 3.27. The number of pyridine rings is 1. The number of rotatable bonds is 6. The molecule has 4 heterocycles. The molecule has 0 saturated carbocycles. The minimum Gasteiger partial charge on any atom is -0.497 e. The zero-order valence-electron chi connectivity index (χ0n) is 20.9. The Labute approximate surface area is 241 Å². The number of methoxy groups -OCH3 is 1. The van der Waals surface area contributed by atoms with Crippen molar-refractivity contribution in [1.29, 1.82) is 0 Å². The lowest BCUT2D eigenvalue weighted by Gasteiger charge is -2.30. The molecular weight excluding hydrogens is 572 g/mol. The summed E-state index contributed by atoms with van der Waals surface area (Å²) >= 11 is 8.18. The van der Waals surface area contributed by atoms with Crippen molar-refractivity contribution in [1.82, 2.24) is 9.55 Å². The van der Waals surface area contributed by atoms with Gasteiger partial charge >= 0.3 is 4.87 Å². The topological polar surface area (TPSA) is 111 Å². The highest BCUT2D eigenvalue weighted by molar-refractivity contribution is 8.00. The molecule has 1 fully saturated rings. The molecular formula is C28H21ClN4O5S2. The fraction of sp³-hybridized carbons (Fsp3) is 0.179. The number of hydrogen-bond acceptors (Lipinski definition) is 8. The molecule has 2 unspecified atom stereocenters. The second-order valence-corrected chi connectivity index (χ2v) is 11.8. The van der Waals surface area contributed by atoms with Crippen molar-refractivity contribution < 1.29 is 19.1 Å². The molecule has 6 rings (SSSR count). The quantitative estimate of drug-likeness (QED) is 0.330. The van der Waals surface area contributed by atoms with Crippen molar-refractivity contribution in [3.8, 4) is 5.75 Å². The van der Waals surface area contributed by atoms with Gasteiger partial charge in [0.25, 0.3) is 0 Å². The van der Waals surface area contributed by atoms with E-state index in [0.29, 0.717) is 37.6 Å². The third-order valence-electron chi connectivity index (χ3n) is 6.85. The van der Waals surface area contributed by atoms with E-state index in [1.165, 1.54) is 9.47 Å². The summed E-state index contributed by atoms with van der Waals surface area (Å²) in [5.41, 5.74) is 1.70. The SMILES string of the molecule is COc1ccc(NC(=O)Cn2c3c(sc2=O)[C@H](c2cccnc2)C2C(=O)N(c4ccc(Cl)cc4)C(=O)C2S3)cc1. The molecule has 4 aromatic rings. The van der Waals surface area contributed by atoms with Crippen molar-refractivity contribution in [3.05, 3.63) is 98.2 Å². The maximum absolute atomic E-state index is 13.8. The molecule has 3 atom stereocenters. The second-order valence-electron chi connectivity index (χ2n) is 9.22. The molecule has 202 valence electrons. The van der Waals surface area contributed by atoms with Crippen LogP contribution < -0.4 is 19.8 Å². The van der Waals surface area contributed by atoms with Crippen molar-refractivity contribution >= 4 is 63.8 Å². The van der Waals surface area contributed by atoms with Gasteiger partial charge in [0.15, 0.2) is 0 Å². The van der Waals surface area contributed by atoms with Gasteiger partial charge in [-0.3, -0.25) is 28.7 Å². The average molecular weight is 593 g/mol. The number of anilines is 2. The molecule has 12 heteroatoms. The van der Waals surface area contributed by atoms with Crippen molar-refractivity contribution in [2.24, 2.45) is 5.92 Å². The summed E-state index contributed by atoms with van der Waals surface area (Å²) in [6, 6.07) is 17.0. The standard InChI is InChI=1S/C28H21ClN4O5S2/c1-38-19-10-6-17(7-11-19)31-20(34)14-32-27-24(40-28(32)37)21(15-3-2-12-30-13-15)22-23(39-27)26(36)33(25(22)35)18-8-4-16(29)5-9-18/h2-13,21-23H,14H2,1H3,(H,31,34)/t21-,22?,23?/m1/s1. The van der Waals surface area contributed by atoms with E-state index in [-0.39, 0.29) is 23.2 Å². The van der Waals surface area contributed by atoms with Gasteiger partial charge in [-0.15, -0.1) is 0 Å². The van der Waals surface area contributed by atoms with Crippen LogP contribution in [0.15, 0.2) is 82.9 Å². The van der Waals surface area contributed by atoms with E-state index >= 15 is 0 Å². The molecule has 1 N–H and O–H groups in total. The van der Waals surface area contributed by atoms with Crippen LogP contribution in [0.2, 0.25) is 5.02 Å². The highest BCUT2D eigenvalue weighted by atomic mass is 35.5. The van der Waals surface area contributed by atoms with Crippen LogP contribution in [0.5, 0.6) is 5.75 Å². The predicted molar refractivity (Wildman–Crippen MR) is 153 cm³/mol. The number of carbonyl (C=O) groups excluding carboxylic acids is 3. The highest BCUT2D eigenvalue weighted by Gasteiger charge is 2.56. The third-order valence-corrected chi connectivity index (χ3v) is 9.71. The van der Waals surface area contributed by atoms with Crippen LogP contribution in [0.3, 0.4) is 0 Å². The lowest BCUT2D eigenvalue weighted by Crippen LogP contribution is -2.33. The normalized spacial score (nSPS) is 19.8. The number of fused-ring (bicyclic) bond motifs is 2. The fourth-order valence-electron chi connectivity index (χ4n) is 5.04. The van der Waals surface area contributed by atoms with Gasteiger partial charge in [0.2, 0.25) is 17.7 Å². The monoisotopic (exact) mass is 592 g/mol. The van der Waals surface area contributed by atoms with Gasteiger partial charge in [-0.1, -0.05) is 40.8 Å². The van der Waals surface area contributed by atoms with E-state index in [9.17, 15) is 19.2 Å². The summed E-state index contributed by atoms with van der Waals surface area (Å²) in [5, 5.41) is 3.00. The van der Waals surface area contributed by atoms with E-state index in [0.717, 1.165) is 23.1 Å². The maximum atomic E-state index is 13.8. The summed E-state index contributed by atoms with van der Waals surface area (Å²) in [4.78, 5) is 59.5. The highest BCUT2D eigenvalue weighted by Crippen LogP contribution is 2.53. The Hall–Kier alpha value is -3.93. The third kappa shape index (κ3) is 4.59. The van der Waals surface area contributed by atoms with Crippen LogP contribution in [0.1, 0.15) is 16.4 Å². The van der Waals surface area contributed by atoms with Gasteiger partial charge < -0.3 is 10.1 Å². The minimum absolute atomic E-state index is 0.246. The van der Waals surface area contributed by atoms with E-state index in [1.807, 2.05) is 6.07 Å². The molecule has 2 aliphatic heterocycles. The Morgan fingerprint density at radius 2 is 1.80 bits per heavy atom. The molecule has 1 saturated heterocycles. The van der Waals surface area contributed by atoms with Crippen molar-refractivity contribution in [2.75, 3.05) is 17.3 Å². The number of thiazole rings is 1. The van der Waals surface area contributed by atoms with Gasteiger partial charge in [-0.2, -0.15) is 0 Å². The number of nitrogens with zero attached hydrogens (tertiary/aromatic N) is 3. The first-order chi connectivity index (χ1) is 19.4. The van der Waals surface area contributed by atoms with E-state index in [4.69, 9.17) is 16.3 Å². The maximum Gasteiger partial charge on any atom is 0.308 e. The summed E-state index contributed by atoms with van der Waals surface area (Å²) in [5.74, 6) is -1.80. The minimum atomic E-state index is -0.786. The number of imide groups is 1. The van der Waals surface area contributed by atoms with Crippen LogP contribution in [0.25, 0.3) is 0 Å². The molecule has 2 aromatic heterocycles. The lowest BCUT2D eigenvalue weighted by atomic mass is 9.84. The number of aromatic nitrogens is 2. The van der Waals surface area contributed by atoms with Crippen LogP contribution in [0, 0.1) is 5.92 Å². The summed E-state index contributed by atoms with van der Waals surface area (Å²) < 4.78 is 6.53. The molecule has 40 heavy (non-hydrogen) atoms. The number of halogens is 1. The zero-order valence-corrected chi connectivity index (χ0v) is 23.3. The summed E-state index contributed by atoms with van der Waals surface area (Å²) in [6.45, 7) is -0.246. The predicted octanol–water partition coefficient (Wildman–Crippen LogP) is 4.40. The molecule has 3 amide bonds. The van der Waals surface area contributed by atoms with Crippen LogP contribution >= 0.6 is 34.7 Å². The van der Waals surface area contributed by atoms with Crippen molar-refractivity contribution in [3.63, 3.8) is 0 Å². The van der Waals surface area contributed by atoms with Gasteiger partial charge in [-0.05, 0) is 60.2 Å². The van der Waals surface area contributed by atoms with Crippen molar-refractivity contribution in [2.45, 2.75) is 22.7 Å². The van der Waals surface area contributed by atoms with E-state index < -0.39 is 23.0 Å². The van der Waals surface area contributed by atoms with Crippen LogP contribution in [-0.2, 0) is 20.9 Å². The van der Waals surface area contributed by atoms with Gasteiger partial charge in [0, 0.05) is 33.9 Å². The molecule has 0 bridgehead atoms. The first-order valence-corrected chi connectivity index (χ1v) is 14.3. The largest absolute Gasteiger partial charge is 0.497 e. The summed E-state index contributed by atoms with van der Waals surface area (Å²) in [7, 11) is 1.55. The Morgan fingerprint density at radius 1 is 1.05 bits per heavy atom. The molecule has 0 spiro atoms. The van der Waals surface area contributed by atoms with E-state index in [2.05, 4.69) is 10.3 Å². The number of nitrogens with one attached hydrogen (secondary N) is 1. The number of hydrogen-bond donors (Lipinski definition) is 1. The second kappa shape index (κ2) is 10.6. The number of thioether (sulfide) groups is 1. The Morgan fingerprint density at radius 3 is 2.48 bits per heavy atom. The van der Waals surface area contributed by atoms with Crippen LogP contribution in [-0.4, -0.2) is 39.6 Å². The Kier molecular flexibility index (Phi) is 6.95. The average Bonchev–Trinajstić information content (AvgIpc) is 3.40. The number of benzene rings is 2. The molecule has 0 radical (unpaired) electrons. The van der Waals surface area contributed by atoms with Gasteiger partial charge in [0.1, 0.15) is 17.5 Å². The number of ether oxygens (including phenoxy) is 1. The zero-order chi connectivity index (χ0) is 28.0.